The van der Waals surface area contributed by atoms with Crippen LogP contribution in [-0.4, -0.2) is 27.6 Å². The maximum atomic E-state index is 10.9. The number of nitrogens with zero attached hydrogens (tertiary/aromatic N) is 2. The standard InChI is InChI=1S/C11H17N3O2/c1-3-4-9(10(15)16)7-13-11-12-6-5-8(2)14-11/h5-6,9H,3-4,7H2,1-2H3,(H,15,16)(H,12,13,14). The van der Waals surface area contributed by atoms with E-state index in [-0.39, 0.29) is 5.92 Å². The highest BCUT2D eigenvalue weighted by molar-refractivity contribution is 5.70. The molecule has 5 nitrogen and oxygen atoms in total. The van der Waals surface area contributed by atoms with Crippen molar-refractivity contribution in [1.29, 1.82) is 0 Å². The highest BCUT2D eigenvalue weighted by Crippen LogP contribution is 2.08. The van der Waals surface area contributed by atoms with Crippen molar-refractivity contribution in [3.63, 3.8) is 0 Å². The molecule has 0 aliphatic heterocycles. The molecule has 2 N–H and O–H groups in total. The molecule has 1 heterocycles. The van der Waals surface area contributed by atoms with Gasteiger partial charge in [0.1, 0.15) is 0 Å². The van der Waals surface area contributed by atoms with E-state index in [0.717, 1.165) is 12.1 Å². The van der Waals surface area contributed by atoms with E-state index < -0.39 is 5.97 Å². The lowest BCUT2D eigenvalue weighted by molar-refractivity contribution is -0.141. The van der Waals surface area contributed by atoms with E-state index in [1.165, 1.54) is 0 Å². The molecule has 0 aliphatic rings. The normalized spacial score (nSPS) is 12.1. The van der Waals surface area contributed by atoms with Crippen LogP contribution >= 0.6 is 0 Å². The summed E-state index contributed by atoms with van der Waals surface area (Å²) in [6.07, 6.45) is 3.17. The molecule has 0 amide bonds. The van der Waals surface area contributed by atoms with Gasteiger partial charge in [-0.3, -0.25) is 4.79 Å². The van der Waals surface area contributed by atoms with Gasteiger partial charge in [0.15, 0.2) is 0 Å². The number of aliphatic carboxylic acids is 1. The predicted octanol–water partition coefficient (Wildman–Crippen LogP) is 1.70. The van der Waals surface area contributed by atoms with E-state index in [9.17, 15) is 4.79 Å². The third kappa shape index (κ3) is 3.84. The van der Waals surface area contributed by atoms with Crippen molar-refractivity contribution >= 4 is 11.9 Å². The van der Waals surface area contributed by atoms with Crippen LogP contribution in [0.15, 0.2) is 12.3 Å². The fraction of sp³-hybridized carbons (Fsp3) is 0.545. The predicted molar refractivity (Wildman–Crippen MR) is 61.3 cm³/mol. The van der Waals surface area contributed by atoms with Crippen molar-refractivity contribution in [2.45, 2.75) is 26.7 Å². The zero-order valence-corrected chi connectivity index (χ0v) is 9.60. The minimum Gasteiger partial charge on any atom is -0.481 e. The number of hydrogen-bond donors (Lipinski definition) is 2. The van der Waals surface area contributed by atoms with Gasteiger partial charge in [-0.15, -0.1) is 0 Å². The third-order valence-electron chi connectivity index (χ3n) is 2.29. The third-order valence-corrected chi connectivity index (χ3v) is 2.29. The highest BCUT2D eigenvalue weighted by Gasteiger charge is 2.16. The maximum Gasteiger partial charge on any atom is 0.308 e. The van der Waals surface area contributed by atoms with Gasteiger partial charge in [-0.25, -0.2) is 9.97 Å². The Labute approximate surface area is 94.9 Å². The highest BCUT2D eigenvalue weighted by atomic mass is 16.4. The fourth-order valence-electron chi connectivity index (χ4n) is 1.41. The average Bonchev–Trinajstić information content (AvgIpc) is 2.24. The summed E-state index contributed by atoms with van der Waals surface area (Å²) in [5, 5.41) is 11.9. The maximum absolute atomic E-state index is 10.9. The van der Waals surface area contributed by atoms with Crippen LogP contribution in [0.25, 0.3) is 0 Å². The minimum absolute atomic E-state index is 0.368. The van der Waals surface area contributed by atoms with Crippen LogP contribution in [0, 0.1) is 12.8 Å². The monoisotopic (exact) mass is 223 g/mol. The van der Waals surface area contributed by atoms with Crippen LogP contribution < -0.4 is 5.32 Å². The van der Waals surface area contributed by atoms with E-state index in [1.54, 1.807) is 12.3 Å². The Morgan fingerprint density at radius 1 is 1.62 bits per heavy atom. The van der Waals surface area contributed by atoms with Gasteiger partial charge < -0.3 is 10.4 Å². The molecule has 88 valence electrons. The minimum atomic E-state index is -0.776. The van der Waals surface area contributed by atoms with Crippen molar-refractivity contribution in [1.82, 2.24) is 9.97 Å². The molecule has 1 aromatic heterocycles. The summed E-state index contributed by atoms with van der Waals surface area (Å²) >= 11 is 0. The molecule has 0 spiro atoms. The van der Waals surface area contributed by atoms with Crippen LogP contribution in [0.5, 0.6) is 0 Å². The van der Waals surface area contributed by atoms with Gasteiger partial charge in [0, 0.05) is 18.4 Å². The molecule has 1 unspecified atom stereocenters. The molecule has 0 fully saturated rings. The molecule has 0 radical (unpaired) electrons. The summed E-state index contributed by atoms with van der Waals surface area (Å²) in [6, 6.07) is 1.80. The fourth-order valence-corrected chi connectivity index (χ4v) is 1.41. The molecule has 0 aromatic carbocycles. The quantitative estimate of drug-likeness (QED) is 0.767. The van der Waals surface area contributed by atoms with Crippen molar-refractivity contribution in [2.24, 2.45) is 5.92 Å². The first-order chi connectivity index (χ1) is 7.63. The second-order valence-corrected chi connectivity index (χ2v) is 3.73. The number of aryl methyl sites for hydroxylation is 1. The van der Waals surface area contributed by atoms with Crippen LogP contribution in [0.2, 0.25) is 0 Å². The van der Waals surface area contributed by atoms with Crippen LogP contribution in [0.4, 0.5) is 5.95 Å². The Balaban J connectivity index is 2.51. The number of anilines is 1. The number of rotatable bonds is 6. The summed E-state index contributed by atoms with van der Waals surface area (Å²) in [5.41, 5.74) is 0.861. The van der Waals surface area contributed by atoms with Gasteiger partial charge in [-0.1, -0.05) is 13.3 Å². The average molecular weight is 223 g/mol. The Morgan fingerprint density at radius 2 is 2.38 bits per heavy atom. The van der Waals surface area contributed by atoms with Gasteiger partial charge in [0.25, 0.3) is 0 Å². The van der Waals surface area contributed by atoms with Crippen LogP contribution in [0.1, 0.15) is 25.5 Å². The van der Waals surface area contributed by atoms with Gasteiger partial charge >= 0.3 is 5.97 Å². The van der Waals surface area contributed by atoms with Crippen LogP contribution in [-0.2, 0) is 4.79 Å². The molecule has 16 heavy (non-hydrogen) atoms. The molecule has 5 heteroatoms. The second kappa shape index (κ2) is 6.05. The molecular formula is C11H17N3O2. The lowest BCUT2D eigenvalue weighted by Gasteiger charge is -2.12. The molecular weight excluding hydrogens is 206 g/mol. The van der Waals surface area contributed by atoms with E-state index in [1.807, 2.05) is 13.8 Å². The number of hydrogen-bond acceptors (Lipinski definition) is 4. The number of carboxylic acid groups (broad SMARTS) is 1. The number of carboxylic acids is 1. The van der Waals surface area contributed by atoms with E-state index in [0.29, 0.717) is 18.9 Å². The first-order valence-corrected chi connectivity index (χ1v) is 5.39. The summed E-state index contributed by atoms with van der Waals surface area (Å²) in [5.74, 6) is -0.668. The zero-order chi connectivity index (χ0) is 12.0. The Bertz CT molecular complexity index is 355. The molecule has 0 aliphatic carbocycles. The summed E-state index contributed by atoms with van der Waals surface area (Å²) < 4.78 is 0. The van der Waals surface area contributed by atoms with E-state index in [4.69, 9.17) is 5.11 Å². The Morgan fingerprint density at radius 3 is 2.94 bits per heavy atom. The number of aromatic nitrogens is 2. The molecule has 0 saturated carbocycles. The van der Waals surface area contributed by atoms with Crippen molar-refractivity contribution in [3.8, 4) is 0 Å². The number of nitrogens with one attached hydrogen (secondary N) is 1. The molecule has 0 bridgehead atoms. The second-order valence-electron chi connectivity index (χ2n) is 3.73. The topological polar surface area (TPSA) is 75.1 Å². The zero-order valence-electron chi connectivity index (χ0n) is 9.60. The first-order valence-electron chi connectivity index (χ1n) is 5.39. The van der Waals surface area contributed by atoms with Crippen LogP contribution in [0.3, 0.4) is 0 Å². The van der Waals surface area contributed by atoms with Gasteiger partial charge in [-0.2, -0.15) is 0 Å². The summed E-state index contributed by atoms with van der Waals surface area (Å²) in [6.45, 7) is 4.21. The van der Waals surface area contributed by atoms with Gasteiger partial charge in [0.05, 0.1) is 5.92 Å². The van der Waals surface area contributed by atoms with Gasteiger partial charge in [-0.05, 0) is 19.4 Å². The molecule has 1 atom stereocenters. The molecule has 0 saturated heterocycles. The summed E-state index contributed by atoms with van der Waals surface area (Å²) in [7, 11) is 0. The number of carbonyl (C=O) groups is 1. The molecule has 1 rings (SSSR count). The first kappa shape index (κ1) is 12.4. The lowest BCUT2D eigenvalue weighted by atomic mass is 10.0. The van der Waals surface area contributed by atoms with Crippen molar-refractivity contribution in [2.75, 3.05) is 11.9 Å². The lowest BCUT2D eigenvalue weighted by Crippen LogP contribution is -2.23. The van der Waals surface area contributed by atoms with E-state index in [2.05, 4.69) is 15.3 Å². The smallest absolute Gasteiger partial charge is 0.308 e. The summed E-state index contributed by atoms with van der Waals surface area (Å²) in [4.78, 5) is 19.1. The van der Waals surface area contributed by atoms with E-state index >= 15 is 0 Å². The van der Waals surface area contributed by atoms with Gasteiger partial charge in [0.2, 0.25) is 5.95 Å². The Kier molecular flexibility index (Phi) is 4.69. The molecule has 1 aromatic rings. The Hall–Kier alpha value is -1.65. The van der Waals surface area contributed by atoms with Crippen molar-refractivity contribution < 1.29 is 9.90 Å². The largest absolute Gasteiger partial charge is 0.481 e. The SMILES string of the molecule is CCCC(CNc1nccc(C)n1)C(=O)O. The van der Waals surface area contributed by atoms with Crippen molar-refractivity contribution in [3.05, 3.63) is 18.0 Å².